The largest absolute Gasteiger partial charge is 0.299 e. The van der Waals surface area contributed by atoms with Crippen LogP contribution in [0, 0.1) is 0 Å². The van der Waals surface area contributed by atoms with Gasteiger partial charge in [0.25, 0.3) is 0 Å². The summed E-state index contributed by atoms with van der Waals surface area (Å²) in [6.07, 6.45) is 11.0. The molecule has 0 radical (unpaired) electrons. The molecule has 0 amide bonds. The predicted octanol–water partition coefficient (Wildman–Crippen LogP) is 3.06. The van der Waals surface area contributed by atoms with Crippen LogP contribution in [0.25, 0.3) is 17.8 Å². The molecule has 3 rings (SSSR count). The quantitative estimate of drug-likeness (QED) is 0.730. The molecule has 0 atom stereocenters. The van der Waals surface area contributed by atoms with Crippen LogP contribution in [0.15, 0.2) is 47.6 Å². The van der Waals surface area contributed by atoms with Crippen LogP contribution in [0.4, 0.5) is 0 Å². The average molecular weight is 301 g/mol. The van der Waals surface area contributed by atoms with Gasteiger partial charge >= 0.3 is 0 Å². The van der Waals surface area contributed by atoms with Crippen molar-refractivity contribution in [2.75, 3.05) is 0 Å². The topological polar surface area (TPSA) is 43.1 Å². The lowest BCUT2D eigenvalue weighted by Gasteiger charge is -1.97. The first-order chi connectivity index (χ1) is 8.83. The molecule has 88 valence electrons. The Kier molecular flexibility index (Phi) is 2.90. The lowest BCUT2D eigenvalue weighted by Crippen LogP contribution is -1.86. The van der Waals surface area contributed by atoms with E-state index < -0.39 is 0 Å². The van der Waals surface area contributed by atoms with Crippen LogP contribution in [-0.2, 0) is 0 Å². The van der Waals surface area contributed by atoms with Gasteiger partial charge in [-0.1, -0.05) is 0 Å². The van der Waals surface area contributed by atoms with Gasteiger partial charge in [-0.15, -0.1) is 0 Å². The fourth-order valence-corrected chi connectivity index (χ4v) is 2.00. The summed E-state index contributed by atoms with van der Waals surface area (Å²) in [5, 5.41) is 0. The molecule has 0 aliphatic heterocycles. The maximum absolute atomic E-state index is 4.33. The van der Waals surface area contributed by atoms with Crippen LogP contribution in [-0.4, -0.2) is 19.4 Å². The number of pyridine rings is 1. The van der Waals surface area contributed by atoms with Crippen LogP contribution < -0.4 is 0 Å². The van der Waals surface area contributed by atoms with Crippen molar-refractivity contribution in [3.8, 4) is 0 Å². The maximum atomic E-state index is 4.33. The number of nitrogens with zero attached hydrogens (tertiary/aromatic N) is 4. The number of hydrogen-bond acceptors (Lipinski definition) is 3. The standard InChI is InChI=1S/C13H9BrN4/c14-10-1-4-13-16-7-12(18(13)8-10)3-2-11-5-6-15-9-17-11/h1-9H/b3-2+. The number of halogens is 1. The van der Waals surface area contributed by atoms with E-state index in [2.05, 4.69) is 30.9 Å². The van der Waals surface area contributed by atoms with Crippen molar-refractivity contribution in [2.45, 2.75) is 0 Å². The summed E-state index contributed by atoms with van der Waals surface area (Å²) < 4.78 is 3.03. The minimum Gasteiger partial charge on any atom is -0.299 e. The van der Waals surface area contributed by atoms with E-state index in [1.807, 2.05) is 47.1 Å². The fraction of sp³-hybridized carbons (Fsp3) is 0. The highest BCUT2D eigenvalue weighted by molar-refractivity contribution is 9.10. The highest BCUT2D eigenvalue weighted by atomic mass is 79.9. The smallest absolute Gasteiger partial charge is 0.137 e. The van der Waals surface area contributed by atoms with Crippen molar-refractivity contribution in [3.05, 3.63) is 59.0 Å². The van der Waals surface area contributed by atoms with E-state index in [4.69, 9.17) is 0 Å². The van der Waals surface area contributed by atoms with Gasteiger partial charge in [-0.05, 0) is 46.3 Å². The molecule has 0 saturated carbocycles. The van der Waals surface area contributed by atoms with Gasteiger partial charge in [0, 0.05) is 16.9 Å². The monoisotopic (exact) mass is 300 g/mol. The number of aromatic nitrogens is 4. The molecular weight excluding hydrogens is 292 g/mol. The van der Waals surface area contributed by atoms with Crippen molar-refractivity contribution >= 4 is 33.7 Å². The van der Waals surface area contributed by atoms with Gasteiger partial charge in [0.2, 0.25) is 0 Å². The van der Waals surface area contributed by atoms with Crippen molar-refractivity contribution in [3.63, 3.8) is 0 Å². The van der Waals surface area contributed by atoms with Crippen molar-refractivity contribution in [2.24, 2.45) is 0 Å². The van der Waals surface area contributed by atoms with Crippen molar-refractivity contribution in [1.82, 2.24) is 19.4 Å². The fourth-order valence-electron chi connectivity index (χ4n) is 1.67. The van der Waals surface area contributed by atoms with Crippen LogP contribution in [0.5, 0.6) is 0 Å². The summed E-state index contributed by atoms with van der Waals surface area (Å²) in [5.41, 5.74) is 2.79. The summed E-state index contributed by atoms with van der Waals surface area (Å²) in [5.74, 6) is 0. The molecule has 0 unspecified atom stereocenters. The van der Waals surface area contributed by atoms with Gasteiger partial charge in [0.1, 0.15) is 12.0 Å². The van der Waals surface area contributed by atoms with E-state index in [1.165, 1.54) is 6.33 Å². The van der Waals surface area contributed by atoms with Gasteiger partial charge in [0.15, 0.2) is 0 Å². The number of rotatable bonds is 2. The van der Waals surface area contributed by atoms with E-state index >= 15 is 0 Å². The molecule has 3 aromatic heterocycles. The zero-order valence-electron chi connectivity index (χ0n) is 9.36. The highest BCUT2D eigenvalue weighted by Crippen LogP contribution is 2.15. The molecule has 18 heavy (non-hydrogen) atoms. The van der Waals surface area contributed by atoms with E-state index in [0.29, 0.717) is 0 Å². The third-order valence-electron chi connectivity index (χ3n) is 2.53. The van der Waals surface area contributed by atoms with E-state index in [-0.39, 0.29) is 0 Å². The third-order valence-corrected chi connectivity index (χ3v) is 3.00. The summed E-state index contributed by atoms with van der Waals surface area (Å²) in [6.45, 7) is 0. The molecule has 0 fully saturated rings. The number of fused-ring (bicyclic) bond motifs is 1. The predicted molar refractivity (Wildman–Crippen MR) is 73.9 cm³/mol. The molecule has 0 N–H and O–H groups in total. The van der Waals surface area contributed by atoms with Gasteiger partial charge < -0.3 is 0 Å². The minimum atomic E-state index is 0.870. The Labute approximate surface area is 112 Å². The average Bonchev–Trinajstić information content (AvgIpc) is 2.80. The molecule has 4 nitrogen and oxygen atoms in total. The molecule has 0 aliphatic rings. The molecule has 0 bridgehead atoms. The molecule has 3 heterocycles. The van der Waals surface area contributed by atoms with Gasteiger partial charge in [-0.3, -0.25) is 4.40 Å². The Morgan fingerprint density at radius 1 is 1.11 bits per heavy atom. The van der Waals surface area contributed by atoms with Crippen LogP contribution in [0.2, 0.25) is 0 Å². The number of imidazole rings is 1. The lowest BCUT2D eigenvalue weighted by molar-refractivity contribution is 1.15. The molecule has 5 heteroatoms. The molecule has 0 saturated heterocycles. The summed E-state index contributed by atoms with van der Waals surface area (Å²) in [4.78, 5) is 12.4. The molecule has 0 spiro atoms. The molecule has 0 aliphatic carbocycles. The Hall–Kier alpha value is -2.01. The molecule has 3 aromatic rings. The van der Waals surface area contributed by atoms with Crippen molar-refractivity contribution < 1.29 is 0 Å². The maximum Gasteiger partial charge on any atom is 0.137 e. The first kappa shape index (κ1) is 11.1. The zero-order valence-corrected chi connectivity index (χ0v) is 10.9. The summed E-state index contributed by atoms with van der Waals surface area (Å²) in [6, 6.07) is 5.79. The van der Waals surface area contributed by atoms with E-state index in [0.717, 1.165) is 21.5 Å². The van der Waals surface area contributed by atoms with Gasteiger partial charge in [-0.25, -0.2) is 15.0 Å². The Bertz CT molecular complexity index is 703. The first-order valence-corrected chi connectivity index (χ1v) is 6.19. The van der Waals surface area contributed by atoms with Crippen LogP contribution in [0.3, 0.4) is 0 Å². The SMILES string of the molecule is Brc1ccc2ncc(/C=C/c3ccncn3)n2c1. The van der Waals surface area contributed by atoms with E-state index in [1.54, 1.807) is 6.20 Å². The Morgan fingerprint density at radius 3 is 2.89 bits per heavy atom. The second-order valence-electron chi connectivity index (χ2n) is 3.73. The highest BCUT2D eigenvalue weighted by Gasteiger charge is 2.00. The third kappa shape index (κ3) is 2.17. The van der Waals surface area contributed by atoms with Gasteiger partial charge in [-0.2, -0.15) is 0 Å². The Balaban J connectivity index is 2.00. The zero-order chi connectivity index (χ0) is 12.4. The van der Waals surface area contributed by atoms with Crippen LogP contribution in [0.1, 0.15) is 11.4 Å². The Morgan fingerprint density at radius 2 is 2.06 bits per heavy atom. The summed E-state index contributed by atoms with van der Waals surface area (Å²) in [7, 11) is 0. The van der Waals surface area contributed by atoms with E-state index in [9.17, 15) is 0 Å². The second kappa shape index (κ2) is 4.70. The second-order valence-corrected chi connectivity index (χ2v) is 4.64. The van der Waals surface area contributed by atoms with Crippen LogP contribution >= 0.6 is 15.9 Å². The number of hydrogen-bond donors (Lipinski definition) is 0. The first-order valence-electron chi connectivity index (χ1n) is 5.40. The lowest BCUT2D eigenvalue weighted by atomic mass is 10.3. The minimum absolute atomic E-state index is 0.870. The van der Waals surface area contributed by atoms with Gasteiger partial charge in [0.05, 0.1) is 17.6 Å². The molecular formula is C13H9BrN4. The molecule has 0 aromatic carbocycles. The summed E-state index contributed by atoms with van der Waals surface area (Å²) >= 11 is 3.45. The van der Waals surface area contributed by atoms with Crippen molar-refractivity contribution in [1.29, 1.82) is 0 Å². The normalized spacial score (nSPS) is 11.4.